The first-order valence-electron chi connectivity index (χ1n) is 7.66. The van der Waals surface area contributed by atoms with Crippen molar-refractivity contribution in [3.05, 3.63) is 10.3 Å². The van der Waals surface area contributed by atoms with Crippen molar-refractivity contribution in [3.63, 3.8) is 0 Å². The second-order valence-electron chi connectivity index (χ2n) is 6.12. The smallest absolute Gasteiger partial charge is 0.153 e. The Hall–Kier alpha value is -0.460. The lowest BCUT2D eigenvalue weighted by atomic mass is 9.84. The number of nitrogens with one attached hydrogen (secondary N) is 1. The fraction of sp³-hybridized carbons (Fsp3) is 0.857. The standard InChI is InChI=1S/C14H24BrN5/c1-16-12(11-13(15)17-18-19(11)2)14(7-3-4-8-14)20-9-5-6-10-20/h12,16H,3-10H2,1-2H3. The number of aromatic nitrogens is 3. The molecule has 0 aromatic carbocycles. The van der Waals surface area contributed by atoms with Gasteiger partial charge in [0, 0.05) is 12.6 Å². The van der Waals surface area contributed by atoms with Crippen LogP contribution < -0.4 is 5.32 Å². The van der Waals surface area contributed by atoms with Gasteiger partial charge in [-0.1, -0.05) is 18.1 Å². The monoisotopic (exact) mass is 341 g/mol. The van der Waals surface area contributed by atoms with E-state index in [0.717, 1.165) is 4.60 Å². The zero-order chi connectivity index (χ0) is 14.2. The van der Waals surface area contributed by atoms with Crippen LogP contribution in [0.25, 0.3) is 0 Å². The molecule has 5 nitrogen and oxygen atoms in total. The van der Waals surface area contributed by atoms with Crippen molar-refractivity contribution < 1.29 is 0 Å². The number of hydrogen-bond donors (Lipinski definition) is 1. The van der Waals surface area contributed by atoms with Crippen LogP contribution in [-0.4, -0.2) is 45.6 Å². The lowest BCUT2D eigenvalue weighted by Crippen LogP contribution is -2.54. The molecule has 1 aliphatic heterocycles. The molecule has 1 unspecified atom stereocenters. The zero-order valence-electron chi connectivity index (χ0n) is 12.4. The van der Waals surface area contributed by atoms with E-state index in [4.69, 9.17) is 0 Å². The first-order chi connectivity index (χ1) is 9.69. The van der Waals surface area contributed by atoms with Crippen molar-refractivity contribution in [3.8, 4) is 0 Å². The van der Waals surface area contributed by atoms with Gasteiger partial charge >= 0.3 is 0 Å². The van der Waals surface area contributed by atoms with Crippen LogP contribution in [0.4, 0.5) is 0 Å². The maximum absolute atomic E-state index is 4.19. The molecule has 1 saturated heterocycles. The third kappa shape index (κ3) is 2.22. The highest BCUT2D eigenvalue weighted by Gasteiger charge is 2.48. The quantitative estimate of drug-likeness (QED) is 0.912. The molecule has 1 atom stereocenters. The van der Waals surface area contributed by atoms with E-state index in [9.17, 15) is 0 Å². The molecule has 0 radical (unpaired) electrons. The summed E-state index contributed by atoms with van der Waals surface area (Å²) in [5, 5.41) is 11.9. The highest BCUT2D eigenvalue weighted by Crippen LogP contribution is 2.46. The number of likely N-dealkylation sites (tertiary alicyclic amines) is 1. The number of aryl methyl sites for hydroxylation is 1. The molecule has 0 bridgehead atoms. The number of hydrogen-bond acceptors (Lipinski definition) is 4. The molecule has 2 fully saturated rings. The summed E-state index contributed by atoms with van der Waals surface area (Å²) < 4.78 is 2.80. The van der Waals surface area contributed by atoms with E-state index in [2.05, 4.69) is 43.5 Å². The molecule has 3 rings (SSSR count). The molecule has 1 aliphatic carbocycles. The summed E-state index contributed by atoms with van der Waals surface area (Å²) in [7, 11) is 4.06. The lowest BCUT2D eigenvalue weighted by molar-refractivity contribution is 0.0761. The van der Waals surface area contributed by atoms with Crippen molar-refractivity contribution in [2.24, 2.45) is 7.05 Å². The summed E-state index contributed by atoms with van der Waals surface area (Å²) in [5.41, 5.74) is 1.42. The number of halogens is 1. The Morgan fingerprint density at radius 1 is 1.20 bits per heavy atom. The van der Waals surface area contributed by atoms with Crippen molar-refractivity contribution in [2.45, 2.75) is 50.1 Å². The van der Waals surface area contributed by atoms with Crippen LogP contribution >= 0.6 is 15.9 Å². The van der Waals surface area contributed by atoms with Gasteiger partial charge in [-0.25, -0.2) is 4.68 Å². The zero-order valence-corrected chi connectivity index (χ0v) is 14.0. The molecule has 2 heterocycles. The third-order valence-corrected chi connectivity index (χ3v) is 5.70. The van der Waals surface area contributed by atoms with E-state index in [0.29, 0.717) is 0 Å². The Morgan fingerprint density at radius 3 is 2.35 bits per heavy atom. The topological polar surface area (TPSA) is 46.0 Å². The van der Waals surface area contributed by atoms with Gasteiger partial charge in [0.25, 0.3) is 0 Å². The fourth-order valence-corrected chi connectivity index (χ4v) is 4.80. The van der Waals surface area contributed by atoms with Crippen molar-refractivity contribution in [1.82, 2.24) is 25.2 Å². The summed E-state index contributed by atoms with van der Waals surface area (Å²) in [6.45, 7) is 2.47. The van der Waals surface area contributed by atoms with Gasteiger partial charge in [0.1, 0.15) is 0 Å². The van der Waals surface area contributed by atoms with Crippen LogP contribution in [0, 0.1) is 0 Å². The minimum Gasteiger partial charge on any atom is -0.310 e. The molecule has 1 saturated carbocycles. The average molecular weight is 342 g/mol. The molecule has 2 aliphatic rings. The molecular formula is C14H24BrN5. The van der Waals surface area contributed by atoms with Crippen LogP contribution in [0.15, 0.2) is 4.60 Å². The van der Waals surface area contributed by atoms with E-state index in [1.54, 1.807) is 0 Å². The average Bonchev–Trinajstić information content (AvgIpc) is 3.15. The van der Waals surface area contributed by atoms with Gasteiger partial charge in [0.05, 0.1) is 11.7 Å². The predicted molar refractivity (Wildman–Crippen MR) is 82.5 cm³/mol. The Balaban J connectivity index is 2.00. The molecule has 1 N–H and O–H groups in total. The van der Waals surface area contributed by atoms with Gasteiger partial charge in [-0.05, 0) is 61.8 Å². The second kappa shape index (κ2) is 5.73. The van der Waals surface area contributed by atoms with Crippen molar-refractivity contribution >= 4 is 15.9 Å². The molecule has 0 amide bonds. The molecule has 1 aromatic heterocycles. The maximum atomic E-state index is 4.19. The van der Waals surface area contributed by atoms with Gasteiger partial charge in [-0.3, -0.25) is 4.90 Å². The normalized spacial score (nSPS) is 24.4. The molecule has 6 heteroatoms. The Labute approximate surface area is 129 Å². The van der Waals surface area contributed by atoms with Crippen molar-refractivity contribution in [2.75, 3.05) is 20.1 Å². The van der Waals surface area contributed by atoms with Crippen LogP contribution in [0.1, 0.15) is 50.3 Å². The van der Waals surface area contributed by atoms with Crippen LogP contribution in [0.3, 0.4) is 0 Å². The summed E-state index contributed by atoms with van der Waals surface area (Å²) in [5.74, 6) is 0. The van der Waals surface area contributed by atoms with Gasteiger partial charge < -0.3 is 5.32 Å². The summed E-state index contributed by atoms with van der Waals surface area (Å²) in [6.07, 6.45) is 7.88. The molecule has 0 spiro atoms. The summed E-state index contributed by atoms with van der Waals surface area (Å²) >= 11 is 3.59. The highest BCUT2D eigenvalue weighted by molar-refractivity contribution is 9.10. The summed E-state index contributed by atoms with van der Waals surface area (Å²) in [6, 6.07) is 0.289. The number of likely N-dealkylation sites (N-methyl/N-ethyl adjacent to an activating group) is 1. The van der Waals surface area contributed by atoms with Gasteiger partial charge in [-0.2, -0.15) is 0 Å². The number of nitrogens with zero attached hydrogens (tertiary/aromatic N) is 4. The number of rotatable bonds is 4. The Bertz CT molecular complexity index is 441. The molecular weight excluding hydrogens is 318 g/mol. The first-order valence-corrected chi connectivity index (χ1v) is 8.46. The molecule has 112 valence electrons. The summed E-state index contributed by atoms with van der Waals surface area (Å²) in [4.78, 5) is 2.72. The largest absolute Gasteiger partial charge is 0.310 e. The molecule has 1 aromatic rings. The van der Waals surface area contributed by atoms with Gasteiger partial charge in [0.15, 0.2) is 4.60 Å². The fourth-order valence-electron chi connectivity index (χ4n) is 4.24. The third-order valence-electron chi connectivity index (χ3n) is 5.13. The van der Waals surface area contributed by atoms with Gasteiger partial charge in [-0.15, -0.1) is 5.10 Å². The predicted octanol–water partition coefficient (Wildman–Crippen LogP) is 2.25. The van der Waals surface area contributed by atoms with Crippen LogP contribution in [0.5, 0.6) is 0 Å². The lowest BCUT2D eigenvalue weighted by Gasteiger charge is -2.45. The van der Waals surface area contributed by atoms with Gasteiger partial charge in [0.2, 0.25) is 0 Å². The molecule has 20 heavy (non-hydrogen) atoms. The minimum absolute atomic E-state index is 0.239. The van der Waals surface area contributed by atoms with Crippen LogP contribution in [0.2, 0.25) is 0 Å². The van der Waals surface area contributed by atoms with E-state index >= 15 is 0 Å². The Kier molecular flexibility index (Phi) is 4.15. The SMILES string of the molecule is CNC(c1c(Br)nnn1C)C1(N2CCCC2)CCCC1. The van der Waals surface area contributed by atoms with E-state index < -0.39 is 0 Å². The van der Waals surface area contributed by atoms with E-state index in [1.807, 2.05) is 11.7 Å². The van der Waals surface area contributed by atoms with Crippen molar-refractivity contribution in [1.29, 1.82) is 0 Å². The minimum atomic E-state index is 0.239. The highest BCUT2D eigenvalue weighted by atomic mass is 79.9. The van der Waals surface area contributed by atoms with E-state index in [-0.39, 0.29) is 11.6 Å². The first kappa shape index (κ1) is 14.5. The second-order valence-corrected chi connectivity index (χ2v) is 6.87. The Morgan fingerprint density at radius 2 is 1.85 bits per heavy atom. The maximum Gasteiger partial charge on any atom is 0.153 e. The van der Waals surface area contributed by atoms with Crippen LogP contribution in [-0.2, 0) is 7.05 Å². The van der Waals surface area contributed by atoms with E-state index in [1.165, 1.54) is 57.3 Å².